The lowest BCUT2D eigenvalue weighted by atomic mass is 10.2. The Morgan fingerprint density at radius 1 is 1.05 bits per heavy atom. The van der Waals surface area contributed by atoms with Crippen molar-refractivity contribution in [1.29, 1.82) is 0 Å². The molecule has 5 heteroatoms. The lowest BCUT2D eigenvalue weighted by Crippen LogP contribution is -2.10. The molecule has 2 aromatic carbocycles. The summed E-state index contributed by atoms with van der Waals surface area (Å²) in [6, 6.07) is 14.7. The van der Waals surface area contributed by atoms with Crippen molar-refractivity contribution in [1.82, 2.24) is 0 Å². The predicted molar refractivity (Wildman–Crippen MR) is 85.5 cm³/mol. The first kappa shape index (κ1) is 12.9. The molecule has 1 aromatic heterocycles. The van der Waals surface area contributed by atoms with E-state index in [2.05, 4.69) is 5.32 Å². The average Bonchev–Trinajstić information content (AvgIpc) is 3.08. The van der Waals surface area contributed by atoms with E-state index in [4.69, 9.17) is 9.47 Å². The number of rotatable bonds is 2. The second kappa shape index (κ2) is 5.20. The Balaban J connectivity index is 1.68. The molecule has 0 radical (unpaired) electrons. The van der Waals surface area contributed by atoms with E-state index in [1.54, 1.807) is 23.6 Å². The minimum Gasteiger partial charge on any atom is -0.453 e. The molecule has 0 fully saturated rings. The fraction of sp³-hybridized carbons (Fsp3) is 0. The fourth-order valence-electron chi connectivity index (χ4n) is 2.26. The maximum atomic E-state index is 12.1. The van der Waals surface area contributed by atoms with Crippen LogP contribution in [0, 0.1) is 0 Å². The van der Waals surface area contributed by atoms with Gasteiger partial charge in [-0.1, -0.05) is 18.2 Å². The normalized spacial score (nSPS) is 11.6. The Morgan fingerprint density at radius 2 is 1.91 bits per heavy atom. The number of ether oxygens (including phenoxy) is 2. The highest BCUT2D eigenvalue weighted by molar-refractivity contribution is 7.08. The molecule has 0 saturated heterocycles. The molecule has 0 bridgehead atoms. The van der Waals surface area contributed by atoms with Crippen LogP contribution in [0.25, 0.3) is 0 Å². The quantitative estimate of drug-likeness (QED) is 0.426. The van der Waals surface area contributed by atoms with Gasteiger partial charge < -0.3 is 14.8 Å². The standard InChI is InChI=1S/C17H11NO3S/c19-17(11-8-9-22-10-11)21-15-7-3-6-14-16(15)18-12-4-1-2-5-13(12)20-14/h1-10,18H. The summed E-state index contributed by atoms with van der Waals surface area (Å²) in [5.41, 5.74) is 2.04. The van der Waals surface area contributed by atoms with E-state index in [0.717, 1.165) is 11.4 Å². The molecule has 0 unspecified atom stereocenters. The zero-order valence-corrected chi connectivity index (χ0v) is 12.2. The van der Waals surface area contributed by atoms with Crippen molar-refractivity contribution >= 4 is 28.7 Å². The zero-order valence-electron chi connectivity index (χ0n) is 11.4. The molecule has 0 aliphatic carbocycles. The van der Waals surface area contributed by atoms with Crippen molar-refractivity contribution in [2.24, 2.45) is 0 Å². The second-order valence-electron chi connectivity index (χ2n) is 4.75. The largest absolute Gasteiger partial charge is 0.453 e. The number of hydrogen-bond donors (Lipinski definition) is 1. The average molecular weight is 309 g/mol. The molecular formula is C17H11NO3S. The van der Waals surface area contributed by atoms with Crippen molar-refractivity contribution < 1.29 is 14.3 Å². The van der Waals surface area contributed by atoms with Crippen LogP contribution in [0.3, 0.4) is 0 Å². The lowest BCUT2D eigenvalue weighted by molar-refractivity contribution is 0.0736. The Morgan fingerprint density at radius 3 is 2.77 bits per heavy atom. The first-order valence-electron chi connectivity index (χ1n) is 6.72. The van der Waals surface area contributed by atoms with Gasteiger partial charge in [-0.25, -0.2) is 4.79 Å². The van der Waals surface area contributed by atoms with Crippen LogP contribution in [0.15, 0.2) is 59.3 Å². The smallest absolute Gasteiger partial charge is 0.344 e. The monoisotopic (exact) mass is 309 g/mol. The molecule has 22 heavy (non-hydrogen) atoms. The van der Waals surface area contributed by atoms with Gasteiger partial charge >= 0.3 is 5.97 Å². The van der Waals surface area contributed by atoms with Crippen LogP contribution in [0.1, 0.15) is 10.4 Å². The summed E-state index contributed by atoms with van der Waals surface area (Å²) in [5, 5.41) is 6.86. The highest BCUT2D eigenvalue weighted by Gasteiger charge is 2.21. The van der Waals surface area contributed by atoms with E-state index >= 15 is 0 Å². The van der Waals surface area contributed by atoms with Gasteiger partial charge in [0.1, 0.15) is 5.69 Å². The van der Waals surface area contributed by atoms with Crippen LogP contribution in [-0.2, 0) is 0 Å². The van der Waals surface area contributed by atoms with E-state index in [1.807, 2.05) is 35.7 Å². The summed E-state index contributed by atoms with van der Waals surface area (Å²) in [4.78, 5) is 12.1. The van der Waals surface area contributed by atoms with Crippen molar-refractivity contribution in [2.45, 2.75) is 0 Å². The van der Waals surface area contributed by atoms with Gasteiger partial charge in [-0.05, 0) is 35.7 Å². The second-order valence-corrected chi connectivity index (χ2v) is 5.53. The first-order valence-corrected chi connectivity index (χ1v) is 7.67. The number of thiophene rings is 1. The summed E-state index contributed by atoms with van der Waals surface area (Å²) < 4.78 is 11.3. The summed E-state index contributed by atoms with van der Waals surface area (Å²) in [6.07, 6.45) is 0. The van der Waals surface area contributed by atoms with Gasteiger partial charge in [0.05, 0.1) is 11.3 Å². The van der Waals surface area contributed by atoms with Crippen LogP contribution >= 0.6 is 11.3 Å². The van der Waals surface area contributed by atoms with Gasteiger partial charge in [0.15, 0.2) is 17.2 Å². The van der Waals surface area contributed by atoms with Crippen molar-refractivity contribution in [3.05, 3.63) is 64.9 Å². The van der Waals surface area contributed by atoms with Crippen LogP contribution < -0.4 is 14.8 Å². The molecule has 0 spiro atoms. The fourth-order valence-corrected chi connectivity index (χ4v) is 2.88. The molecule has 4 nitrogen and oxygen atoms in total. The van der Waals surface area contributed by atoms with Gasteiger partial charge in [0.25, 0.3) is 0 Å². The predicted octanol–water partition coefficient (Wildman–Crippen LogP) is 4.82. The molecule has 0 atom stereocenters. The molecule has 1 N–H and O–H groups in total. The van der Waals surface area contributed by atoms with Crippen LogP contribution in [0.5, 0.6) is 17.2 Å². The molecule has 108 valence electrons. The van der Waals surface area contributed by atoms with Gasteiger partial charge in [-0.15, -0.1) is 0 Å². The van der Waals surface area contributed by atoms with E-state index in [-0.39, 0.29) is 5.97 Å². The maximum absolute atomic E-state index is 12.1. The van der Waals surface area contributed by atoms with Gasteiger partial charge in [0, 0.05) is 5.38 Å². The summed E-state index contributed by atoms with van der Waals surface area (Å²) in [6.45, 7) is 0. The molecule has 2 heterocycles. The van der Waals surface area contributed by atoms with Crippen molar-refractivity contribution in [2.75, 3.05) is 5.32 Å². The number of carbonyl (C=O) groups is 1. The van der Waals surface area contributed by atoms with Gasteiger partial charge in [-0.3, -0.25) is 0 Å². The SMILES string of the molecule is O=C(Oc1cccc2c1Nc1ccccc1O2)c1ccsc1. The lowest BCUT2D eigenvalue weighted by Gasteiger charge is -2.23. The number of fused-ring (bicyclic) bond motifs is 2. The van der Waals surface area contributed by atoms with E-state index in [1.165, 1.54) is 11.3 Å². The Bertz CT molecular complexity index is 843. The number of benzene rings is 2. The molecule has 0 amide bonds. The van der Waals surface area contributed by atoms with Gasteiger partial charge in [-0.2, -0.15) is 11.3 Å². The number of anilines is 2. The number of esters is 1. The van der Waals surface area contributed by atoms with Crippen LogP contribution in [0.4, 0.5) is 11.4 Å². The summed E-state index contributed by atoms with van der Waals surface area (Å²) >= 11 is 1.46. The minimum atomic E-state index is -0.379. The molecule has 1 aliphatic rings. The third-order valence-corrected chi connectivity index (χ3v) is 4.00. The van der Waals surface area contributed by atoms with Crippen molar-refractivity contribution in [3.63, 3.8) is 0 Å². The van der Waals surface area contributed by atoms with Crippen LogP contribution in [0.2, 0.25) is 0 Å². The van der Waals surface area contributed by atoms with E-state index in [0.29, 0.717) is 22.7 Å². The topological polar surface area (TPSA) is 47.6 Å². The summed E-state index contributed by atoms with van der Waals surface area (Å²) in [7, 11) is 0. The Kier molecular flexibility index (Phi) is 3.05. The highest BCUT2D eigenvalue weighted by atomic mass is 32.1. The third-order valence-electron chi connectivity index (χ3n) is 3.31. The zero-order chi connectivity index (χ0) is 14.9. The summed E-state index contributed by atoms with van der Waals surface area (Å²) in [5.74, 6) is 1.45. The number of para-hydroxylation sites is 3. The number of hydrogen-bond acceptors (Lipinski definition) is 5. The van der Waals surface area contributed by atoms with E-state index in [9.17, 15) is 4.79 Å². The van der Waals surface area contributed by atoms with Crippen molar-refractivity contribution in [3.8, 4) is 17.2 Å². The molecule has 4 rings (SSSR count). The molecule has 1 aliphatic heterocycles. The Hall–Kier alpha value is -2.79. The Labute approximate surface area is 130 Å². The number of carbonyl (C=O) groups excluding carboxylic acids is 1. The van der Waals surface area contributed by atoms with Gasteiger partial charge in [0.2, 0.25) is 0 Å². The molecule has 0 saturated carbocycles. The molecule has 3 aromatic rings. The first-order chi connectivity index (χ1) is 10.8. The van der Waals surface area contributed by atoms with E-state index < -0.39 is 0 Å². The van der Waals surface area contributed by atoms with Crippen LogP contribution in [-0.4, -0.2) is 5.97 Å². The highest BCUT2D eigenvalue weighted by Crippen LogP contribution is 2.46. The third kappa shape index (κ3) is 2.21. The molecular weight excluding hydrogens is 298 g/mol. The number of nitrogens with one attached hydrogen (secondary N) is 1. The minimum absolute atomic E-state index is 0.379. The maximum Gasteiger partial charge on any atom is 0.344 e.